The molecule has 9 heteroatoms. The van der Waals surface area contributed by atoms with E-state index < -0.39 is 12.0 Å². The number of rotatable bonds is 10. The van der Waals surface area contributed by atoms with E-state index >= 15 is 0 Å². The SMILES string of the molecule is C[C@H](Oc1ccc(Cl)cc1Cl)C(=O)N/N=C\c1cn(-c2ccccc2)nc1-c1ccc(OCc2ccccc2)cc1. The Bertz CT molecular complexity index is 1640. The van der Waals surface area contributed by atoms with Crippen LogP contribution in [-0.4, -0.2) is 28.0 Å². The molecule has 1 aromatic heterocycles. The predicted molar refractivity (Wildman–Crippen MR) is 162 cm³/mol. The molecule has 0 radical (unpaired) electrons. The summed E-state index contributed by atoms with van der Waals surface area (Å²) in [6.07, 6.45) is 2.57. The lowest BCUT2D eigenvalue weighted by molar-refractivity contribution is -0.127. The van der Waals surface area contributed by atoms with E-state index in [-0.39, 0.29) is 0 Å². The van der Waals surface area contributed by atoms with Crippen LogP contribution in [0.2, 0.25) is 10.0 Å². The second-order valence-electron chi connectivity index (χ2n) is 9.08. The minimum atomic E-state index is -0.847. The lowest BCUT2D eigenvalue weighted by Gasteiger charge is -2.14. The molecular formula is C32H26Cl2N4O3. The zero-order chi connectivity index (χ0) is 28.6. The van der Waals surface area contributed by atoms with E-state index in [9.17, 15) is 4.79 Å². The first-order valence-corrected chi connectivity index (χ1v) is 13.6. The molecule has 0 bridgehead atoms. The summed E-state index contributed by atoms with van der Waals surface area (Å²) in [7, 11) is 0. The molecule has 1 N–H and O–H groups in total. The fourth-order valence-electron chi connectivity index (χ4n) is 3.94. The average molecular weight is 585 g/mol. The Morgan fingerprint density at radius 3 is 2.39 bits per heavy atom. The van der Waals surface area contributed by atoms with Gasteiger partial charge in [0.2, 0.25) is 0 Å². The number of carbonyl (C=O) groups is 1. The molecule has 1 amide bonds. The standard InChI is InChI=1S/C32H26Cl2N4O3/c1-22(41-30-17-14-26(33)18-29(30)34)32(39)36-35-19-25-20-38(27-10-6-3-7-11-27)37-31(25)24-12-15-28(16-13-24)40-21-23-8-4-2-5-9-23/h2-20,22H,21H2,1H3,(H,36,39)/b35-19-/t22-/m0/s1. The number of benzene rings is 4. The quantitative estimate of drug-likeness (QED) is 0.137. The third-order valence-electron chi connectivity index (χ3n) is 6.08. The number of amides is 1. The number of aromatic nitrogens is 2. The molecule has 0 aliphatic rings. The van der Waals surface area contributed by atoms with Gasteiger partial charge in [0.15, 0.2) is 6.10 Å². The zero-order valence-corrected chi connectivity index (χ0v) is 23.6. The van der Waals surface area contributed by atoms with Gasteiger partial charge in [0.05, 0.1) is 16.9 Å². The highest BCUT2D eigenvalue weighted by molar-refractivity contribution is 6.35. The third kappa shape index (κ3) is 7.33. The summed E-state index contributed by atoms with van der Waals surface area (Å²) < 4.78 is 13.4. The van der Waals surface area contributed by atoms with E-state index in [1.807, 2.05) is 91.1 Å². The van der Waals surface area contributed by atoms with Crippen molar-refractivity contribution in [1.82, 2.24) is 15.2 Å². The number of hydrogen-bond acceptors (Lipinski definition) is 5. The molecule has 1 atom stereocenters. The molecule has 4 aromatic carbocycles. The van der Waals surface area contributed by atoms with Crippen LogP contribution in [0.1, 0.15) is 18.1 Å². The Morgan fingerprint density at radius 1 is 0.976 bits per heavy atom. The average Bonchev–Trinajstić information content (AvgIpc) is 3.43. The number of halogens is 2. The Kier molecular flexibility index (Phi) is 8.98. The maximum absolute atomic E-state index is 12.6. The van der Waals surface area contributed by atoms with Crippen LogP contribution in [0.25, 0.3) is 16.9 Å². The van der Waals surface area contributed by atoms with E-state index in [0.29, 0.717) is 33.7 Å². The number of carbonyl (C=O) groups excluding carboxylic acids is 1. The number of ether oxygens (including phenoxy) is 2. The first kappa shape index (κ1) is 28.0. The van der Waals surface area contributed by atoms with Gasteiger partial charge in [-0.15, -0.1) is 0 Å². The molecule has 0 saturated carbocycles. The summed E-state index contributed by atoms with van der Waals surface area (Å²) >= 11 is 12.1. The van der Waals surface area contributed by atoms with Crippen molar-refractivity contribution in [1.29, 1.82) is 0 Å². The van der Waals surface area contributed by atoms with Gasteiger partial charge in [0.25, 0.3) is 5.91 Å². The Morgan fingerprint density at radius 2 is 1.68 bits per heavy atom. The van der Waals surface area contributed by atoms with Crippen molar-refractivity contribution in [3.05, 3.63) is 130 Å². The number of nitrogens with one attached hydrogen (secondary N) is 1. The number of hydrogen-bond donors (Lipinski definition) is 1. The molecule has 0 aliphatic heterocycles. The lowest BCUT2D eigenvalue weighted by Crippen LogP contribution is -2.33. The van der Waals surface area contributed by atoms with Crippen LogP contribution in [-0.2, 0) is 11.4 Å². The van der Waals surface area contributed by atoms with Crippen molar-refractivity contribution < 1.29 is 14.3 Å². The molecular weight excluding hydrogens is 559 g/mol. The van der Waals surface area contributed by atoms with Gasteiger partial charge >= 0.3 is 0 Å². The van der Waals surface area contributed by atoms with Gasteiger partial charge < -0.3 is 9.47 Å². The topological polar surface area (TPSA) is 77.7 Å². The van der Waals surface area contributed by atoms with E-state index in [1.54, 1.807) is 36.0 Å². The highest BCUT2D eigenvalue weighted by Gasteiger charge is 2.16. The van der Waals surface area contributed by atoms with Gasteiger partial charge in [-0.05, 0) is 67.1 Å². The molecule has 0 spiro atoms. The molecule has 41 heavy (non-hydrogen) atoms. The largest absolute Gasteiger partial charge is 0.489 e. The molecule has 1 heterocycles. The molecule has 206 valence electrons. The summed E-state index contributed by atoms with van der Waals surface area (Å²) in [6, 6.07) is 32.2. The molecule has 5 rings (SSSR count). The van der Waals surface area contributed by atoms with Gasteiger partial charge in [-0.25, -0.2) is 10.1 Å². The second kappa shape index (κ2) is 13.2. The van der Waals surface area contributed by atoms with Crippen molar-refractivity contribution >= 4 is 35.3 Å². The summed E-state index contributed by atoms with van der Waals surface area (Å²) in [5.41, 5.74) is 6.79. The van der Waals surface area contributed by atoms with E-state index in [0.717, 1.165) is 22.6 Å². The zero-order valence-electron chi connectivity index (χ0n) is 22.1. The summed E-state index contributed by atoms with van der Waals surface area (Å²) in [6.45, 7) is 2.09. The Hall–Kier alpha value is -4.59. The molecule has 7 nitrogen and oxygen atoms in total. The maximum Gasteiger partial charge on any atom is 0.280 e. The van der Waals surface area contributed by atoms with Crippen LogP contribution in [0, 0.1) is 0 Å². The summed E-state index contributed by atoms with van der Waals surface area (Å²) in [5, 5.41) is 9.77. The Labute approximate surface area is 248 Å². The van der Waals surface area contributed by atoms with Crippen molar-refractivity contribution in [3.8, 4) is 28.4 Å². The van der Waals surface area contributed by atoms with Gasteiger partial charge in [-0.3, -0.25) is 4.79 Å². The summed E-state index contributed by atoms with van der Waals surface area (Å²) in [5.74, 6) is 0.659. The van der Waals surface area contributed by atoms with E-state index in [4.69, 9.17) is 37.8 Å². The smallest absolute Gasteiger partial charge is 0.280 e. The fourth-order valence-corrected chi connectivity index (χ4v) is 4.39. The first-order chi connectivity index (χ1) is 20.0. The van der Waals surface area contributed by atoms with Gasteiger partial charge in [-0.1, -0.05) is 71.7 Å². The first-order valence-electron chi connectivity index (χ1n) is 12.8. The van der Waals surface area contributed by atoms with Gasteiger partial charge in [0.1, 0.15) is 23.8 Å². The number of para-hydroxylation sites is 1. The fraction of sp³-hybridized carbons (Fsp3) is 0.0938. The van der Waals surface area contributed by atoms with Crippen LogP contribution in [0.15, 0.2) is 114 Å². The highest BCUT2D eigenvalue weighted by Crippen LogP contribution is 2.28. The normalized spacial score (nSPS) is 11.8. The monoisotopic (exact) mass is 584 g/mol. The Balaban J connectivity index is 1.31. The van der Waals surface area contributed by atoms with Crippen LogP contribution in [0.5, 0.6) is 11.5 Å². The van der Waals surface area contributed by atoms with Crippen LogP contribution in [0.3, 0.4) is 0 Å². The van der Waals surface area contributed by atoms with Crippen LogP contribution >= 0.6 is 23.2 Å². The highest BCUT2D eigenvalue weighted by atomic mass is 35.5. The second-order valence-corrected chi connectivity index (χ2v) is 9.92. The van der Waals surface area contributed by atoms with E-state index in [1.165, 1.54) is 0 Å². The molecule has 0 unspecified atom stereocenters. The van der Waals surface area contributed by atoms with Crippen molar-refractivity contribution in [3.63, 3.8) is 0 Å². The number of hydrazone groups is 1. The minimum Gasteiger partial charge on any atom is -0.489 e. The van der Waals surface area contributed by atoms with Crippen molar-refractivity contribution in [2.45, 2.75) is 19.6 Å². The third-order valence-corrected chi connectivity index (χ3v) is 6.62. The van der Waals surface area contributed by atoms with Crippen molar-refractivity contribution in [2.24, 2.45) is 5.10 Å². The van der Waals surface area contributed by atoms with E-state index in [2.05, 4.69) is 10.5 Å². The predicted octanol–water partition coefficient (Wildman–Crippen LogP) is 7.34. The van der Waals surface area contributed by atoms with Crippen LogP contribution in [0.4, 0.5) is 0 Å². The summed E-state index contributed by atoms with van der Waals surface area (Å²) in [4.78, 5) is 12.6. The number of nitrogens with zero attached hydrogens (tertiary/aromatic N) is 3. The van der Waals surface area contributed by atoms with Crippen molar-refractivity contribution in [2.75, 3.05) is 0 Å². The van der Waals surface area contributed by atoms with Gasteiger partial charge in [0, 0.05) is 22.3 Å². The molecule has 0 saturated heterocycles. The van der Waals surface area contributed by atoms with Gasteiger partial charge in [-0.2, -0.15) is 10.2 Å². The lowest BCUT2D eigenvalue weighted by atomic mass is 10.1. The molecule has 5 aromatic rings. The molecule has 0 aliphatic carbocycles. The molecule has 0 fully saturated rings. The van der Waals surface area contributed by atoms with Crippen LogP contribution < -0.4 is 14.9 Å². The maximum atomic E-state index is 12.6. The minimum absolute atomic E-state index is 0.315.